The predicted octanol–water partition coefficient (Wildman–Crippen LogP) is 3.80. The van der Waals surface area contributed by atoms with E-state index in [1.54, 1.807) is 0 Å². The molecule has 3 aromatic rings. The largest absolute Gasteiger partial charge is 0.352 e. The Morgan fingerprint density at radius 3 is 2.24 bits per heavy atom. The van der Waals surface area contributed by atoms with Gasteiger partial charge in [-0.2, -0.15) is 0 Å². The van der Waals surface area contributed by atoms with Crippen LogP contribution in [0.5, 0.6) is 0 Å². The quantitative estimate of drug-likeness (QED) is 0.738. The Morgan fingerprint density at radius 1 is 0.862 bits per heavy atom. The normalized spacial score (nSPS) is 14.0. The topological polar surface area (TPSA) is 61.4 Å². The molecule has 0 atom stereocenters. The summed E-state index contributed by atoms with van der Waals surface area (Å²) in [7, 11) is 0. The molecule has 1 aromatic heterocycles. The Kier molecular flexibility index (Phi) is 5.42. The van der Waals surface area contributed by atoms with Gasteiger partial charge in [0.25, 0.3) is 5.91 Å². The van der Waals surface area contributed by atoms with Gasteiger partial charge in [0.15, 0.2) is 11.6 Å². The molecule has 1 fully saturated rings. The molecular formula is C23H25N5O. The number of piperazine rings is 1. The van der Waals surface area contributed by atoms with Gasteiger partial charge in [0.2, 0.25) is 0 Å². The molecular weight excluding hydrogens is 362 g/mol. The summed E-state index contributed by atoms with van der Waals surface area (Å²) in [4.78, 5) is 16.9. The minimum atomic E-state index is 0.103. The summed E-state index contributed by atoms with van der Waals surface area (Å²) in [6.07, 6.45) is 0. The van der Waals surface area contributed by atoms with Crippen LogP contribution in [-0.2, 0) is 0 Å². The second kappa shape index (κ2) is 8.31. The van der Waals surface area contributed by atoms with Crippen molar-refractivity contribution in [1.29, 1.82) is 0 Å². The lowest BCUT2D eigenvalue weighted by molar-refractivity contribution is 0.0745. The van der Waals surface area contributed by atoms with Gasteiger partial charge in [0, 0.05) is 37.4 Å². The van der Waals surface area contributed by atoms with Crippen molar-refractivity contribution in [3.8, 4) is 0 Å². The van der Waals surface area contributed by atoms with Gasteiger partial charge < -0.3 is 15.1 Å². The first-order valence-electron chi connectivity index (χ1n) is 9.87. The van der Waals surface area contributed by atoms with E-state index in [2.05, 4.69) is 39.5 Å². The van der Waals surface area contributed by atoms with Gasteiger partial charge >= 0.3 is 0 Å². The highest BCUT2D eigenvalue weighted by atomic mass is 16.2. The van der Waals surface area contributed by atoms with Crippen LogP contribution in [0.1, 0.15) is 21.5 Å². The number of amides is 1. The highest BCUT2D eigenvalue weighted by molar-refractivity contribution is 5.95. The van der Waals surface area contributed by atoms with Crippen molar-refractivity contribution < 1.29 is 4.79 Å². The molecule has 0 aliphatic carbocycles. The first-order valence-corrected chi connectivity index (χ1v) is 9.87. The summed E-state index contributed by atoms with van der Waals surface area (Å²) >= 11 is 0. The SMILES string of the molecule is Cc1ccc(Nc2ccc(N3CCN(C(=O)c4ccccc4C)CC3)nn2)cc1. The third kappa shape index (κ3) is 4.37. The van der Waals surface area contributed by atoms with E-state index >= 15 is 0 Å². The fourth-order valence-electron chi connectivity index (χ4n) is 3.47. The molecule has 2 aromatic carbocycles. The summed E-state index contributed by atoms with van der Waals surface area (Å²) < 4.78 is 0. The Morgan fingerprint density at radius 2 is 1.59 bits per heavy atom. The van der Waals surface area contributed by atoms with Crippen molar-refractivity contribution in [2.24, 2.45) is 0 Å². The molecule has 1 N–H and O–H groups in total. The number of aromatic nitrogens is 2. The molecule has 2 heterocycles. The zero-order valence-corrected chi connectivity index (χ0v) is 16.8. The van der Waals surface area contributed by atoms with Crippen molar-refractivity contribution in [2.45, 2.75) is 13.8 Å². The number of carbonyl (C=O) groups is 1. The van der Waals surface area contributed by atoms with Crippen molar-refractivity contribution in [3.63, 3.8) is 0 Å². The number of hydrogen-bond donors (Lipinski definition) is 1. The first-order chi connectivity index (χ1) is 14.1. The molecule has 0 spiro atoms. The van der Waals surface area contributed by atoms with E-state index in [1.807, 2.05) is 60.4 Å². The van der Waals surface area contributed by atoms with Crippen LogP contribution in [0.4, 0.5) is 17.3 Å². The Hall–Kier alpha value is -3.41. The molecule has 0 unspecified atom stereocenters. The number of hydrogen-bond acceptors (Lipinski definition) is 5. The van der Waals surface area contributed by atoms with Gasteiger partial charge in [0.05, 0.1) is 0 Å². The zero-order valence-electron chi connectivity index (χ0n) is 16.8. The van der Waals surface area contributed by atoms with Crippen LogP contribution >= 0.6 is 0 Å². The van der Waals surface area contributed by atoms with E-state index < -0.39 is 0 Å². The van der Waals surface area contributed by atoms with E-state index in [0.717, 1.165) is 35.7 Å². The van der Waals surface area contributed by atoms with Crippen molar-refractivity contribution in [1.82, 2.24) is 15.1 Å². The van der Waals surface area contributed by atoms with Gasteiger partial charge in [-0.05, 0) is 49.7 Å². The summed E-state index contributed by atoms with van der Waals surface area (Å²) in [5, 5.41) is 11.9. The molecule has 1 saturated heterocycles. The summed E-state index contributed by atoms with van der Waals surface area (Å²) in [6, 6.07) is 19.8. The molecule has 1 aliphatic rings. The molecule has 29 heavy (non-hydrogen) atoms. The molecule has 4 rings (SSSR count). The number of rotatable bonds is 4. The molecule has 1 aliphatic heterocycles. The lowest BCUT2D eigenvalue weighted by Crippen LogP contribution is -2.49. The van der Waals surface area contributed by atoms with Crippen LogP contribution < -0.4 is 10.2 Å². The van der Waals surface area contributed by atoms with Crippen LogP contribution in [0.25, 0.3) is 0 Å². The molecule has 6 heteroatoms. The number of anilines is 3. The highest BCUT2D eigenvalue weighted by Crippen LogP contribution is 2.19. The number of carbonyl (C=O) groups excluding carboxylic acids is 1. The summed E-state index contributed by atoms with van der Waals surface area (Å²) in [5.74, 6) is 1.65. The van der Waals surface area contributed by atoms with Crippen LogP contribution in [-0.4, -0.2) is 47.2 Å². The number of nitrogens with zero attached hydrogens (tertiary/aromatic N) is 4. The Bertz CT molecular complexity index is 977. The lowest BCUT2D eigenvalue weighted by atomic mass is 10.1. The fourth-order valence-corrected chi connectivity index (χ4v) is 3.47. The number of benzene rings is 2. The molecule has 1 amide bonds. The minimum Gasteiger partial charge on any atom is -0.352 e. The molecule has 6 nitrogen and oxygen atoms in total. The van der Waals surface area contributed by atoms with Crippen molar-refractivity contribution >= 4 is 23.2 Å². The second-order valence-electron chi connectivity index (χ2n) is 7.36. The van der Waals surface area contributed by atoms with Gasteiger partial charge in [-0.15, -0.1) is 10.2 Å². The third-order valence-corrected chi connectivity index (χ3v) is 5.24. The third-order valence-electron chi connectivity index (χ3n) is 5.24. The monoisotopic (exact) mass is 387 g/mol. The maximum atomic E-state index is 12.8. The average molecular weight is 387 g/mol. The maximum Gasteiger partial charge on any atom is 0.254 e. The zero-order chi connectivity index (χ0) is 20.2. The van der Waals surface area contributed by atoms with E-state index in [4.69, 9.17) is 0 Å². The maximum absolute atomic E-state index is 12.8. The summed E-state index contributed by atoms with van der Waals surface area (Å²) in [6.45, 7) is 6.89. The standard InChI is InChI=1S/C23H25N5O/c1-17-7-9-19(10-8-17)24-21-11-12-22(26-25-21)27-13-15-28(16-14-27)23(29)20-6-4-3-5-18(20)2/h3-12H,13-16H2,1-2H3,(H,24,25). The minimum absolute atomic E-state index is 0.103. The fraction of sp³-hybridized carbons (Fsp3) is 0.261. The van der Waals surface area contributed by atoms with Crippen molar-refractivity contribution in [3.05, 3.63) is 77.4 Å². The number of aryl methyl sites for hydroxylation is 2. The van der Waals surface area contributed by atoms with Crippen LogP contribution in [0.15, 0.2) is 60.7 Å². The number of nitrogens with one attached hydrogen (secondary N) is 1. The molecule has 148 valence electrons. The van der Waals surface area contributed by atoms with Gasteiger partial charge in [-0.25, -0.2) is 0 Å². The second-order valence-corrected chi connectivity index (χ2v) is 7.36. The van der Waals surface area contributed by atoms with E-state index in [9.17, 15) is 4.79 Å². The van der Waals surface area contributed by atoms with E-state index in [0.29, 0.717) is 18.9 Å². The van der Waals surface area contributed by atoms with E-state index in [-0.39, 0.29) is 5.91 Å². The van der Waals surface area contributed by atoms with Gasteiger partial charge in [-0.1, -0.05) is 35.9 Å². The molecule has 0 bridgehead atoms. The summed E-state index contributed by atoms with van der Waals surface area (Å²) in [5.41, 5.74) is 4.01. The predicted molar refractivity (Wildman–Crippen MR) is 116 cm³/mol. The average Bonchev–Trinajstić information content (AvgIpc) is 2.76. The van der Waals surface area contributed by atoms with Gasteiger partial charge in [-0.3, -0.25) is 4.79 Å². The molecule has 0 radical (unpaired) electrons. The van der Waals surface area contributed by atoms with Gasteiger partial charge in [0.1, 0.15) is 0 Å². The lowest BCUT2D eigenvalue weighted by Gasteiger charge is -2.35. The first kappa shape index (κ1) is 18.9. The van der Waals surface area contributed by atoms with Crippen molar-refractivity contribution in [2.75, 3.05) is 36.4 Å². The van der Waals surface area contributed by atoms with E-state index in [1.165, 1.54) is 5.56 Å². The molecule has 0 saturated carbocycles. The van der Waals surface area contributed by atoms with Crippen LogP contribution in [0.2, 0.25) is 0 Å². The van der Waals surface area contributed by atoms with Crippen LogP contribution in [0, 0.1) is 13.8 Å². The Labute approximate surface area is 171 Å². The highest BCUT2D eigenvalue weighted by Gasteiger charge is 2.23. The van der Waals surface area contributed by atoms with Crippen LogP contribution in [0.3, 0.4) is 0 Å². The Balaban J connectivity index is 1.35. The smallest absolute Gasteiger partial charge is 0.254 e.